The van der Waals surface area contributed by atoms with Gasteiger partial charge in [-0.15, -0.1) is 11.3 Å². The third kappa shape index (κ3) is 3.11. The van der Waals surface area contributed by atoms with E-state index in [0.29, 0.717) is 9.77 Å². The molecule has 1 atom stereocenters. The summed E-state index contributed by atoms with van der Waals surface area (Å²) in [6, 6.07) is 11.0. The minimum absolute atomic E-state index is 0.0566. The predicted octanol–water partition coefficient (Wildman–Crippen LogP) is 3.05. The SMILES string of the molecule is Cc1ccc(S(=O)CC(=O)c2cccs2)cc1. The Kier molecular flexibility index (Phi) is 3.86. The fraction of sp³-hybridized carbons (Fsp3) is 0.154. The van der Waals surface area contributed by atoms with Gasteiger partial charge in [-0.3, -0.25) is 9.00 Å². The van der Waals surface area contributed by atoms with Crippen molar-refractivity contribution in [3.63, 3.8) is 0 Å². The van der Waals surface area contributed by atoms with Crippen LogP contribution < -0.4 is 0 Å². The highest BCUT2D eigenvalue weighted by molar-refractivity contribution is 7.85. The molecule has 88 valence electrons. The summed E-state index contributed by atoms with van der Waals surface area (Å²) >= 11 is 1.39. The van der Waals surface area contributed by atoms with E-state index in [9.17, 15) is 9.00 Å². The highest BCUT2D eigenvalue weighted by Gasteiger charge is 2.12. The summed E-state index contributed by atoms with van der Waals surface area (Å²) in [6.45, 7) is 1.98. The lowest BCUT2D eigenvalue weighted by Crippen LogP contribution is -2.09. The number of ketones is 1. The maximum absolute atomic E-state index is 12.0. The van der Waals surface area contributed by atoms with Gasteiger partial charge in [0.2, 0.25) is 0 Å². The second-order valence-corrected chi connectivity index (χ2v) is 6.10. The second kappa shape index (κ2) is 5.38. The van der Waals surface area contributed by atoms with Gasteiger partial charge in [0, 0.05) is 4.90 Å². The van der Waals surface area contributed by atoms with Crippen LogP contribution in [0.15, 0.2) is 46.7 Å². The molecule has 0 fully saturated rings. The molecule has 2 nitrogen and oxygen atoms in total. The van der Waals surface area contributed by atoms with Crippen LogP contribution in [0.2, 0.25) is 0 Å². The summed E-state index contributed by atoms with van der Waals surface area (Å²) in [5, 5.41) is 1.85. The van der Waals surface area contributed by atoms with E-state index in [4.69, 9.17) is 0 Å². The summed E-state index contributed by atoms with van der Waals surface area (Å²) in [6.07, 6.45) is 0. The van der Waals surface area contributed by atoms with Crippen LogP contribution in [0.4, 0.5) is 0 Å². The van der Waals surface area contributed by atoms with Crippen molar-refractivity contribution in [2.75, 3.05) is 5.75 Å². The topological polar surface area (TPSA) is 34.1 Å². The van der Waals surface area contributed by atoms with E-state index in [0.717, 1.165) is 5.56 Å². The highest BCUT2D eigenvalue weighted by Crippen LogP contribution is 2.13. The Bertz CT molecular complexity index is 527. The van der Waals surface area contributed by atoms with Crippen LogP contribution in [0.1, 0.15) is 15.2 Å². The third-order valence-corrected chi connectivity index (χ3v) is 4.58. The predicted molar refractivity (Wildman–Crippen MR) is 71.1 cm³/mol. The quantitative estimate of drug-likeness (QED) is 0.795. The van der Waals surface area contributed by atoms with Crippen molar-refractivity contribution in [1.29, 1.82) is 0 Å². The van der Waals surface area contributed by atoms with Gasteiger partial charge in [-0.25, -0.2) is 0 Å². The van der Waals surface area contributed by atoms with Gasteiger partial charge < -0.3 is 0 Å². The smallest absolute Gasteiger partial charge is 0.185 e. The molecule has 0 N–H and O–H groups in total. The lowest BCUT2D eigenvalue weighted by molar-refractivity contribution is 0.102. The Hall–Kier alpha value is -1.26. The first-order chi connectivity index (χ1) is 8.16. The van der Waals surface area contributed by atoms with Gasteiger partial charge in [0.15, 0.2) is 5.78 Å². The monoisotopic (exact) mass is 264 g/mol. The molecule has 0 aliphatic heterocycles. The minimum Gasteiger partial charge on any atom is -0.292 e. The second-order valence-electron chi connectivity index (χ2n) is 3.70. The summed E-state index contributed by atoms with van der Waals surface area (Å²) in [4.78, 5) is 13.2. The van der Waals surface area contributed by atoms with Crippen molar-refractivity contribution in [3.05, 3.63) is 52.2 Å². The fourth-order valence-corrected chi connectivity index (χ4v) is 3.16. The first kappa shape index (κ1) is 12.2. The molecule has 2 aromatic rings. The zero-order valence-corrected chi connectivity index (χ0v) is 11.0. The van der Waals surface area contributed by atoms with E-state index in [1.807, 2.05) is 42.6 Å². The van der Waals surface area contributed by atoms with Crippen LogP contribution in [-0.2, 0) is 10.8 Å². The lowest BCUT2D eigenvalue weighted by Gasteiger charge is -2.01. The molecule has 0 saturated carbocycles. The molecule has 0 aliphatic rings. The van der Waals surface area contributed by atoms with Crippen molar-refractivity contribution in [2.45, 2.75) is 11.8 Å². The molecular formula is C13H12O2S2. The van der Waals surface area contributed by atoms with Gasteiger partial charge in [-0.1, -0.05) is 23.8 Å². The maximum Gasteiger partial charge on any atom is 0.185 e. The van der Waals surface area contributed by atoms with Gasteiger partial charge in [-0.2, -0.15) is 0 Å². The summed E-state index contributed by atoms with van der Waals surface area (Å²) in [5.41, 5.74) is 1.12. The van der Waals surface area contributed by atoms with Gasteiger partial charge in [-0.05, 0) is 30.5 Å². The summed E-state index contributed by atoms with van der Waals surface area (Å²) < 4.78 is 12.0. The van der Waals surface area contributed by atoms with Crippen molar-refractivity contribution < 1.29 is 9.00 Å². The first-order valence-corrected chi connectivity index (χ1v) is 7.38. The van der Waals surface area contributed by atoms with E-state index in [2.05, 4.69) is 0 Å². The van der Waals surface area contributed by atoms with Crippen LogP contribution in [0, 0.1) is 6.92 Å². The van der Waals surface area contributed by atoms with E-state index >= 15 is 0 Å². The minimum atomic E-state index is -1.25. The van der Waals surface area contributed by atoms with E-state index in [1.54, 1.807) is 6.07 Å². The van der Waals surface area contributed by atoms with Crippen LogP contribution in [0.5, 0.6) is 0 Å². The zero-order chi connectivity index (χ0) is 12.3. The lowest BCUT2D eigenvalue weighted by atomic mass is 10.2. The zero-order valence-electron chi connectivity index (χ0n) is 9.38. The van der Waals surface area contributed by atoms with Crippen LogP contribution in [0.3, 0.4) is 0 Å². The Morgan fingerprint density at radius 2 is 1.94 bits per heavy atom. The maximum atomic E-state index is 12.0. The number of hydrogen-bond donors (Lipinski definition) is 0. The number of rotatable bonds is 4. The molecule has 1 heterocycles. The Morgan fingerprint density at radius 3 is 2.53 bits per heavy atom. The molecule has 1 aromatic heterocycles. The molecule has 1 unspecified atom stereocenters. The number of carbonyl (C=O) groups excluding carboxylic acids is 1. The molecule has 17 heavy (non-hydrogen) atoms. The van der Waals surface area contributed by atoms with Crippen LogP contribution in [-0.4, -0.2) is 15.7 Å². The molecule has 0 amide bonds. The van der Waals surface area contributed by atoms with Crippen molar-refractivity contribution in [2.24, 2.45) is 0 Å². The third-order valence-electron chi connectivity index (χ3n) is 2.34. The number of benzene rings is 1. The Labute approximate surface area is 107 Å². The number of thiophene rings is 1. The molecule has 4 heteroatoms. The largest absolute Gasteiger partial charge is 0.292 e. The van der Waals surface area contributed by atoms with Crippen molar-refractivity contribution >= 4 is 27.9 Å². The molecule has 0 saturated heterocycles. The Balaban J connectivity index is 2.07. The van der Waals surface area contributed by atoms with Gasteiger partial charge in [0.1, 0.15) is 0 Å². The molecule has 1 aromatic carbocycles. The first-order valence-electron chi connectivity index (χ1n) is 5.18. The number of carbonyl (C=O) groups is 1. The molecule has 0 spiro atoms. The van der Waals surface area contributed by atoms with Crippen LogP contribution >= 0.6 is 11.3 Å². The molecular weight excluding hydrogens is 252 g/mol. The average Bonchev–Trinajstić information content (AvgIpc) is 2.83. The highest BCUT2D eigenvalue weighted by atomic mass is 32.2. The molecule has 0 aliphatic carbocycles. The van der Waals surface area contributed by atoms with E-state index in [1.165, 1.54) is 11.3 Å². The number of hydrogen-bond acceptors (Lipinski definition) is 3. The molecule has 2 rings (SSSR count). The molecule has 0 radical (unpaired) electrons. The number of aryl methyl sites for hydroxylation is 1. The molecule has 0 bridgehead atoms. The number of Topliss-reactive ketones (excluding diaryl/α,β-unsaturated/α-hetero) is 1. The van der Waals surface area contributed by atoms with E-state index < -0.39 is 10.8 Å². The van der Waals surface area contributed by atoms with Crippen LogP contribution in [0.25, 0.3) is 0 Å². The summed E-state index contributed by atoms with van der Waals surface area (Å²) in [5.74, 6) is 0.00254. The fourth-order valence-electron chi connectivity index (χ4n) is 1.40. The Morgan fingerprint density at radius 1 is 1.24 bits per heavy atom. The average molecular weight is 264 g/mol. The van der Waals surface area contributed by atoms with Gasteiger partial charge in [0.25, 0.3) is 0 Å². The standard InChI is InChI=1S/C13H12O2S2/c1-10-4-6-11(7-5-10)17(15)9-12(14)13-3-2-8-16-13/h2-8H,9H2,1H3. The van der Waals surface area contributed by atoms with Crippen molar-refractivity contribution in [3.8, 4) is 0 Å². The van der Waals surface area contributed by atoms with Gasteiger partial charge in [0.05, 0.1) is 21.4 Å². The normalized spacial score (nSPS) is 12.3. The summed E-state index contributed by atoms with van der Waals surface area (Å²) in [7, 11) is -1.25. The van der Waals surface area contributed by atoms with E-state index in [-0.39, 0.29) is 11.5 Å². The van der Waals surface area contributed by atoms with Crippen molar-refractivity contribution in [1.82, 2.24) is 0 Å². The van der Waals surface area contributed by atoms with Gasteiger partial charge >= 0.3 is 0 Å².